The number of benzene rings is 2. The lowest BCUT2D eigenvalue weighted by atomic mass is 9.62. The van der Waals surface area contributed by atoms with Crippen molar-refractivity contribution in [1.29, 1.82) is 0 Å². The molecule has 11 heteroatoms. The second kappa shape index (κ2) is 11.1. The van der Waals surface area contributed by atoms with Gasteiger partial charge in [-0.25, -0.2) is 8.78 Å². The third-order valence-corrected chi connectivity index (χ3v) is 9.33. The average Bonchev–Trinajstić information content (AvgIpc) is 3.47. The summed E-state index contributed by atoms with van der Waals surface area (Å²) in [5.41, 5.74) is -1.19. The molecule has 2 aliphatic heterocycles. The summed E-state index contributed by atoms with van der Waals surface area (Å²) >= 11 is 12.3. The van der Waals surface area contributed by atoms with Gasteiger partial charge in [-0.1, -0.05) is 56.1 Å². The smallest absolute Gasteiger partial charge is 0.237 e. The van der Waals surface area contributed by atoms with E-state index in [0.29, 0.717) is 36.9 Å². The summed E-state index contributed by atoms with van der Waals surface area (Å²) in [5.74, 6) is -3.44. The summed E-state index contributed by atoms with van der Waals surface area (Å²) in [6.45, 7) is 6.23. The first-order chi connectivity index (χ1) is 19.2. The van der Waals surface area contributed by atoms with E-state index in [-0.39, 0.29) is 33.5 Å². The van der Waals surface area contributed by atoms with E-state index in [9.17, 15) is 24.2 Å². The topological polar surface area (TPSA) is 111 Å². The number of anilines is 1. The van der Waals surface area contributed by atoms with Crippen molar-refractivity contribution in [3.8, 4) is 0 Å². The highest BCUT2D eigenvalue weighted by atomic mass is 35.5. The second-order valence-electron chi connectivity index (χ2n) is 12.8. The molecule has 1 spiro atoms. The SMILES string of the molecule is CC(C)(C)C[C@H]1N[C@@H](C(=O)NCCC2C[C@@H](O)[C@@H](O)C2)[C@H](c2cccc(Cl)c2F)[C@@]12C(=O)Nc1cc(Cl)c(F)cc12. The zero-order chi connectivity index (χ0) is 29.9. The van der Waals surface area contributed by atoms with Crippen LogP contribution in [0.4, 0.5) is 14.5 Å². The molecule has 0 aromatic heterocycles. The average molecular weight is 611 g/mol. The van der Waals surface area contributed by atoms with Crippen LogP contribution in [0.25, 0.3) is 0 Å². The first-order valence-electron chi connectivity index (χ1n) is 13.9. The molecule has 1 aliphatic carbocycles. The number of carbonyl (C=O) groups excluding carboxylic acids is 2. The molecule has 2 aromatic carbocycles. The van der Waals surface area contributed by atoms with E-state index in [4.69, 9.17) is 23.2 Å². The summed E-state index contributed by atoms with van der Waals surface area (Å²) < 4.78 is 30.8. The van der Waals surface area contributed by atoms with Crippen LogP contribution in [0.1, 0.15) is 63.5 Å². The van der Waals surface area contributed by atoms with Crippen molar-refractivity contribution in [2.24, 2.45) is 11.3 Å². The molecular weight excluding hydrogens is 575 g/mol. The van der Waals surface area contributed by atoms with E-state index >= 15 is 4.39 Å². The lowest BCUT2D eigenvalue weighted by Gasteiger charge is -2.37. The van der Waals surface area contributed by atoms with Crippen LogP contribution in [0.3, 0.4) is 0 Å². The van der Waals surface area contributed by atoms with E-state index in [1.54, 1.807) is 6.07 Å². The van der Waals surface area contributed by atoms with Crippen LogP contribution in [0, 0.1) is 23.0 Å². The molecule has 2 heterocycles. The molecule has 3 aliphatic rings. The maximum Gasteiger partial charge on any atom is 0.237 e. The number of hydrogen-bond acceptors (Lipinski definition) is 5. The molecule has 2 fully saturated rings. The number of aliphatic hydroxyl groups excluding tert-OH is 2. The molecule has 222 valence electrons. The number of amides is 2. The highest BCUT2D eigenvalue weighted by molar-refractivity contribution is 6.31. The van der Waals surface area contributed by atoms with Crippen molar-refractivity contribution >= 4 is 40.7 Å². The van der Waals surface area contributed by atoms with Gasteiger partial charge in [0.2, 0.25) is 11.8 Å². The third kappa shape index (κ3) is 5.36. The number of halogens is 4. The Balaban J connectivity index is 1.59. The lowest BCUT2D eigenvalue weighted by molar-refractivity contribution is -0.123. The molecule has 5 rings (SSSR count). The summed E-state index contributed by atoms with van der Waals surface area (Å²) in [6, 6.07) is 5.27. The van der Waals surface area contributed by atoms with Gasteiger partial charge in [0.25, 0.3) is 0 Å². The maximum atomic E-state index is 15.8. The first kappa shape index (κ1) is 30.2. The number of hydrogen-bond donors (Lipinski definition) is 5. The van der Waals surface area contributed by atoms with Gasteiger partial charge in [-0.15, -0.1) is 0 Å². The van der Waals surface area contributed by atoms with E-state index in [0.717, 1.165) is 0 Å². The second-order valence-corrected chi connectivity index (χ2v) is 13.6. The van der Waals surface area contributed by atoms with E-state index in [1.165, 1.54) is 24.3 Å². The van der Waals surface area contributed by atoms with E-state index in [1.807, 2.05) is 20.8 Å². The molecule has 5 N–H and O–H groups in total. The Labute approximate surface area is 248 Å². The zero-order valence-electron chi connectivity index (χ0n) is 23.1. The molecule has 7 nitrogen and oxygen atoms in total. The monoisotopic (exact) mass is 609 g/mol. The van der Waals surface area contributed by atoms with Crippen LogP contribution in [0.15, 0.2) is 30.3 Å². The van der Waals surface area contributed by atoms with Gasteiger partial charge in [0.1, 0.15) is 17.0 Å². The Bertz CT molecular complexity index is 1360. The van der Waals surface area contributed by atoms with Gasteiger partial charge in [0, 0.05) is 24.2 Å². The predicted molar refractivity (Wildman–Crippen MR) is 153 cm³/mol. The van der Waals surface area contributed by atoms with Crippen LogP contribution in [0.2, 0.25) is 10.0 Å². The number of carbonyl (C=O) groups is 2. The number of rotatable bonds is 6. The molecule has 1 saturated heterocycles. The quantitative estimate of drug-likeness (QED) is 0.327. The molecule has 1 unspecified atom stereocenters. The third-order valence-electron chi connectivity index (χ3n) is 8.75. The maximum absolute atomic E-state index is 15.8. The van der Waals surface area contributed by atoms with Gasteiger partial charge in [-0.05, 0) is 66.3 Å². The molecule has 2 aromatic rings. The fourth-order valence-corrected chi connectivity index (χ4v) is 7.35. The van der Waals surface area contributed by atoms with Crippen LogP contribution < -0.4 is 16.0 Å². The van der Waals surface area contributed by atoms with Gasteiger partial charge >= 0.3 is 0 Å². The van der Waals surface area contributed by atoms with Crippen LogP contribution in [-0.4, -0.2) is 52.9 Å². The highest BCUT2D eigenvalue weighted by Crippen LogP contribution is 2.57. The molecule has 0 bridgehead atoms. The molecule has 41 heavy (non-hydrogen) atoms. The van der Waals surface area contributed by atoms with Crippen LogP contribution in [0.5, 0.6) is 0 Å². The minimum atomic E-state index is -1.55. The fourth-order valence-electron chi connectivity index (χ4n) is 7.00. The van der Waals surface area contributed by atoms with Crippen molar-refractivity contribution in [3.05, 3.63) is 63.1 Å². The summed E-state index contributed by atoms with van der Waals surface area (Å²) in [7, 11) is 0. The van der Waals surface area contributed by atoms with Crippen molar-refractivity contribution in [2.75, 3.05) is 11.9 Å². The summed E-state index contributed by atoms with van der Waals surface area (Å²) in [4.78, 5) is 28.0. The normalized spacial score (nSPS) is 31.0. The summed E-state index contributed by atoms with van der Waals surface area (Å²) in [5, 5.41) is 28.5. The predicted octanol–water partition coefficient (Wildman–Crippen LogP) is 4.66. The summed E-state index contributed by atoms with van der Waals surface area (Å²) in [6.07, 6.45) is 0.260. The Hall–Kier alpha value is -2.30. The van der Waals surface area contributed by atoms with Crippen molar-refractivity contribution < 1.29 is 28.6 Å². The van der Waals surface area contributed by atoms with Gasteiger partial charge in [0.15, 0.2) is 0 Å². The fraction of sp³-hybridized carbons (Fsp3) is 0.533. The molecular formula is C30H35Cl2F2N3O4. The van der Waals surface area contributed by atoms with Crippen molar-refractivity contribution in [3.63, 3.8) is 0 Å². The number of fused-ring (bicyclic) bond motifs is 2. The van der Waals surface area contributed by atoms with Crippen LogP contribution >= 0.6 is 23.2 Å². The zero-order valence-corrected chi connectivity index (χ0v) is 24.6. The highest BCUT2D eigenvalue weighted by Gasteiger charge is 2.66. The molecule has 7 atom stereocenters. The number of nitrogens with one attached hydrogen (secondary N) is 3. The number of aliphatic hydroxyl groups is 2. The van der Waals surface area contributed by atoms with Crippen molar-refractivity contribution in [2.45, 2.75) is 82.1 Å². The van der Waals surface area contributed by atoms with Gasteiger partial charge in [-0.2, -0.15) is 0 Å². The molecule has 1 saturated carbocycles. The van der Waals surface area contributed by atoms with E-state index < -0.39 is 59.1 Å². The molecule has 0 radical (unpaired) electrons. The first-order valence-corrected chi connectivity index (χ1v) is 14.6. The largest absolute Gasteiger partial charge is 0.390 e. The standard InChI is InChI=1S/C30H35Cl2F2N3O4/c1-29(2,3)13-23-30(16-11-19(33)18(32)12-20(16)36-28(30)41)24(15-5-4-6-17(31)25(15)34)26(37-23)27(40)35-8-7-14-9-21(38)22(39)10-14/h4-6,11-12,14,21-24,26,37-39H,7-10,13H2,1-3H3,(H,35,40)(H,36,41)/t14?,21-,22+,23-,24+,26-,30+/m1/s1. The Morgan fingerprint density at radius 1 is 1.12 bits per heavy atom. The minimum absolute atomic E-state index is 0.0400. The molecule has 2 amide bonds. The van der Waals surface area contributed by atoms with Gasteiger partial charge in [-0.3, -0.25) is 9.59 Å². The lowest BCUT2D eigenvalue weighted by Crippen LogP contribution is -2.49. The van der Waals surface area contributed by atoms with Crippen LogP contribution in [-0.2, 0) is 15.0 Å². The van der Waals surface area contributed by atoms with E-state index in [2.05, 4.69) is 16.0 Å². The Morgan fingerprint density at radius 3 is 2.46 bits per heavy atom. The minimum Gasteiger partial charge on any atom is -0.390 e. The van der Waals surface area contributed by atoms with Gasteiger partial charge < -0.3 is 26.2 Å². The Kier molecular flexibility index (Phi) is 8.15. The van der Waals surface area contributed by atoms with Crippen molar-refractivity contribution in [1.82, 2.24) is 10.6 Å². The Morgan fingerprint density at radius 2 is 1.80 bits per heavy atom. The van der Waals surface area contributed by atoms with Gasteiger partial charge in [0.05, 0.1) is 28.3 Å².